The number of carbonyl (C=O) groups is 2. The molecule has 0 saturated heterocycles. The lowest BCUT2D eigenvalue weighted by molar-refractivity contribution is -0.123. The topological polar surface area (TPSA) is 67.4 Å². The molecule has 19 heavy (non-hydrogen) atoms. The fourth-order valence-corrected chi connectivity index (χ4v) is 1.79. The fourth-order valence-electron chi connectivity index (χ4n) is 1.79. The molecule has 1 atom stereocenters. The third-order valence-corrected chi connectivity index (χ3v) is 2.66. The number of carbonyl (C=O) groups excluding carboxylic acids is 2. The molecule has 1 rings (SSSR count). The van der Waals surface area contributed by atoms with Gasteiger partial charge in [-0.2, -0.15) is 0 Å². The molecule has 0 aromatic heterocycles. The monoisotopic (exact) mass is 264 g/mol. The van der Waals surface area contributed by atoms with E-state index in [0.29, 0.717) is 0 Å². The van der Waals surface area contributed by atoms with Crippen molar-refractivity contribution >= 4 is 12.0 Å². The van der Waals surface area contributed by atoms with Crippen LogP contribution in [0.5, 0.6) is 0 Å². The predicted octanol–water partition coefficient (Wildman–Crippen LogP) is 2.35. The number of rotatable bonds is 5. The van der Waals surface area contributed by atoms with Gasteiger partial charge < -0.3 is 4.74 Å². The number of ether oxygens (including phenoxy) is 1. The fraction of sp³-hybridized carbons (Fsp3) is 0.429. The lowest BCUT2D eigenvalue weighted by Crippen LogP contribution is -2.44. The minimum Gasteiger partial charge on any atom is -0.449 e. The maximum atomic E-state index is 12.1. The van der Waals surface area contributed by atoms with Crippen molar-refractivity contribution in [1.29, 1.82) is 0 Å². The zero-order valence-corrected chi connectivity index (χ0v) is 11.3. The number of hydrazine groups is 1. The number of hydrogen-bond donors (Lipinski definition) is 2. The molecule has 0 bridgehead atoms. The van der Waals surface area contributed by atoms with Crippen LogP contribution in [0.3, 0.4) is 0 Å². The molecule has 104 valence electrons. The number of benzene rings is 1. The second-order valence-corrected chi connectivity index (χ2v) is 4.09. The van der Waals surface area contributed by atoms with E-state index in [1.54, 1.807) is 6.92 Å². The summed E-state index contributed by atoms with van der Waals surface area (Å²) in [7, 11) is 0. The molecular formula is C14H20N2O3. The quantitative estimate of drug-likeness (QED) is 0.802. The predicted molar refractivity (Wildman–Crippen MR) is 72.4 cm³/mol. The van der Waals surface area contributed by atoms with Crippen LogP contribution in [0, 0.1) is 0 Å². The van der Waals surface area contributed by atoms with Crippen LogP contribution in [-0.2, 0) is 9.53 Å². The molecule has 1 aromatic carbocycles. The first-order valence-electron chi connectivity index (χ1n) is 6.46. The molecule has 2 N–H and O–H groups in total. The molecule has 0 saturated carbocycles. The van der Waals surface area contributed by atoms with E-state index in [-0.39, 0.29) is 18.4 Å². The SMILES string of the molecule is CCCC(C(=O)NNC(=O)OCC)c1ccccc1. The highest BCUT2D eigenvalue weighted by Crippen LogP contribution is 2.20. The van der Waals surface area contributed by atoms with Gasteiger partial charge in [-0.05, 0) is 18.9 Å². The zero-order valence-electron chi connectivity index (χ0n) is 11.3. The number of nitrogens with one attached hydrogen (secondary N) is 2. The van der Waals surface area contributed by atoms with Crippen molar-refractivity contribution in [2.45, 2.75) is 32.6 Å². The molecule has 2 amide bonds. The minimum absolute atomic E-state index is 0.235. The molecule has 0 aliphatic carbocycles. The highest BCUT2D eigenvalue weighted by Gasteiger charge is 2.19. The summed E-state index contributed by atoms with van der Waals surface area (Å²) in [4.78, 5) is 23.2. The van der Waals surface area contributed by atoms with E-state index in [0.717, 1.165) is 18.4 Å². The van der Waals surface area contributed by atoms with Gasteiger partial charge in [-0.3, -0.25) is 10.2 Å². The minimum atomic E-state index is -0.654. The van der Waals surface area contributed by atoms with Crippen LogP contribution in [-0.4, -0.2) is 18.6 Å². The van der Waals surface area contributed by atoms with Crippen molar-refractivity contribution in [3.8, 4) is 0 Å². The van der Waals surface area contributed by atoms with Crippen LogP contribution >= 0.6 is 0 Å². The Kier molecular flexibility index (Phi) is 6.43. The zero-order chi connectivity index (χ0) is 14.1. The average molecular weight is 264 g/mol. The summed E-state index contributed by atoms with van der Waals surface area (Å²) in [6.45, 7) is 3.98. The molecule has 0 aliphatic rings. The van der Waals surface area contributed by atoms with Crippen molar-refractivity contribution in [3.63, 3.8) is 0 Å². The largest absolute Gasteiger partial charge is 0.449 e. The Hall–Kier alpha value is -2.04. The van der Waals surface area contributed by atoms with E-state index in [2.05, 4.69) is 15.6 Å². The third kappa shape index (κ3) is 4.99. The van der Waals surface area contributed by atoms with Crippen LogP contribution in [0.15, 0.2) is 30.3 Å². The summed E-state index contributed by atoms with van der Waals surface area (Å²) in [6.07, 6.45) is 0.950. The summed E-state index contributed by atoms with van der Waals surface area (Å²) in [5.74, 6) is -0.505. The normalized spacial score (nSPS) is 11.5. The van der Waals surface area contributed by atoms with E-state index in [9.17, 15) is 9.59 Å². The van der Waals surface area contributed by atoms with Crippen molar-refractivity contribution < 1.29 is 14.3 Å². The Labute approximate surface area is 113 Å². The highest BCUT2D eigenvalue weighted by atomic mass is 16.5. The van der Waals surface area contributed by atoms with Gasteiger partial charge in [0.05, 0.1) is 12.5 Å². The van der Waals surface area contributed by atoms with E-state index < -0.39 is 6.09 Å². The molecule has 0 aliphatic heterocycles. The second kappa shape index (κ2) is 8.13. The smallest absolute Gasteiger partial charge is 0.426 e. The standard InChI is InChI=1S/C14H20N2O3/c1-3-8-12(11-9-6-5-7-10-11)13(17)15-16-14(18)19-4-2/h5-7,9-10,12H,3-4,8H2,1-2H3,(H,15,17)(H,16,18). The molecule has 0 fully saturated rings. The van der Waals surface area contributed by atoms with Crippen molar-refractivity contribution in [1.82, 2.24) is 10.9 Å². The summed E-state index contributed by atoms with van der Waals surface area (Å²) >= 11 is 0. The molecule has 1 unspecified atom stereocenters. The molecule has 5 heteroatoms. The van der Waals surface area contributed by atoms with Crippen LogP contribution in [0.25, 0.3) is 0 Å². The first-order chi connectivity index (χ1) is 9.19. The van der Waals surface area contributed by atoms with Gasteiger partial charge in [0.2, 0.25) is 5.91 Å². The summed E-state index contributed by atoms with van der Waals surface area (Å²) in [5, 5.41) is 0. The molecule has 0 spiro atoms. The Morgan fingerprint density at radius 3 is 2.42 bits per heavy atom. The Balaban J connectivity index is 2.61. The first-order valence-corrected chi connectivity index (χ1v) is 6.46. The summed E-state index contributed by atoms with van der Waals surface area (Å²) in [5.41, 5.74) is 5.56. The Morgan fingerprint density at radius 2 is 1.84 bits per heavy atom. The maximum absolute atomic E-state index is 12.1. The van der Waals surface area contributed by atoms with E-state index in [4.69, 9.17) is 0 Å². The Bertz CT molecular complexity index is 406. The van der Waals surface area contributed by atoms with Gasteiger partial charge in [-0.25, -0.2) is 10.2 Å². The van der Waals surface area contributed by atoms with Crippen molar-refractivity contribution in [2.24, 2.45) is 0 Å². The lowest BCUT2D eigenvalue weighted by atomic mass is 9.94. The van der Waals surface area contributed by atoms with Gasteiger partial charge in [0.25, 0.3) is 0 Å². The molecule has 5 nitrogen and oxygen atoms in total. The van der Waals surface area contributed by atoms with Gasteiger partial charge in [0, 0.05) is 0 Å². The summed E-state index contributed by atoms with van der Waals surface area (Å²) < 4.78 is 4.67. The first kappa shape index (κ1) is 15.0. The van der Waals surface area contributed by atoms with Gasteiger partial charge in [-0.15, -0.1) is 0 Å². The summed E-state index contributed by atoms with van der Waals surface area (Å²) in [6, 6.07) is 9.50. The van der Waals surface area contributed by atoms with Gasteiger partial charge in [0.1, 0.15) is 0 Å². The van der Waals surface area contributed by atoms with Crippen molar-refractivity contribution in [2.75, 3.05) is 6.61 Å². The molecule has 0 radical (unpaired) electrons. The van der Waals surface area contributed by atoms with Crippen LogP contribution in [0.4, 0.5) is 4.79 Å². The number of amides is 2. The molecule has 0 heterocycles. The van der Waals surface area contributed by atoms with E-state index >= 15 is 0 Å². The molecule has 1 aromatic rings. The maximum Gasteiger partial charge on any atom is 0.426 e. The third-order valence-electron chi connectivity index (χ3n) is 2.66. The van der Waals surface area contributed by atoms with Gasteiger partial charge >= 0.3 is 6.09 Å². The van der Waals surface area contributed by atoms with Crippen LogP contribution < -0.4 is 10.9 Å². The highest BCUT2D eigenvalue weighted by molar-refractivity contribution is 5.85. The van der Waals surface area contributed by atoms with Gasteiger partial charge in [0.15, 0.2) is 0 Å². The molecular weight excluding hydrogens is 244 g/mol. The average Bonchev–Trinajstić information content (AvgIpc) is 2.43. The lowest BCUT2D eigenvalue weighted by Gasteiger charge is -2.16. The second-order valence-electron chi connectivity index (χ2n) is 4.09. The Morgan fingerprint density at radius 1 is 1.16 bits per heavy atom. The van der Waals surface area contributed by atoms with E-state index in [1.165, 1.54) is 0 Å². The van der Waals surface area contributed by atoms with Gasteiger partial charge in [-0.1, -0.05) is 43.7 Å². The van der Waals surface area contributed by atoms with Crippen LogP contribution in [0.2, 0.25) is 0 Å². The van der Waals surface area contributed by atoms with Crippen LogP contribution in [0.1, 0.15) is 38.2 Å². The number of hydrogen-bond acceptors (Lipinski definition) is 3. The van der Waals surface area contributed by atoms with Crippen molar-refractivity contribution in [3.05, 3.63) is 35.9 Å². The van der Waals surface area contributed by atoms with E-state index in [1.807, 2.05) is 37.3 Å².